The number of hydrogen-bond donors (Lipinski definition) is 2. The normalized spacial score (nSPS) is 13.6. The van der Waals surface area contributed by atoms with E-state index in [-0.39, 0.29) is 31.9 Å². The van der Waals surface area contributed by atoms with Crippen LogP contribution in [-0.2, 0) is 22.5 Å². The van der Waals surface area contributed by atoms with Crippen LogP contribution in [0.25, 0.3) is 16.7 Å². The number of benzene rings is 1. The lowest BCUT2D eigenvalue weighted by atomic mass is 10.2. The molecule has 1 aromatic carbocycles. The lowest BCUT2D eigenvalue weighted by Gasteiger charge is -2.06. The van der Waals surface area contributed by atoms with Gasteiger partial charge < -0.3 is 4.98 Å². The highest BCUT2D eigenvalue weighted by Gasteiger charge is 2.39. The fourth-order valence-corrected chi connectivity index (χ4v) is 5.42. The summed E-state index contributed by atoms with van der Waals surface area (Å²) in [6, 6.07) is 2.56. The lowest BCUT2D eigenvalue weighted by Crippen LogP contribution is -2.09. The van der Waals surface area contributed by atoms with E-state index in [1.54, 1.807) is 0 Å². The molecule has 0 fully saturated rings. The van der Waals surface area contributed by atoms with Crippen LogP contribution in [0.3, 0.4) is 0 Å². The van der Waals surface area contributed by atoms with E-state index in [0.717, 1.165) is 46.0 Å². The number of alkyl halides is 6. The van der Waals surface area contributed by atoms with Gasteiger partial charge in [-0.1, -0.05) is 23.1 Å². The Morgan fingerprint density at radius 3 is 2.56 bits per heavy atom. The minimum atomic E-state index is -4.93. The number of nitrogens with zero attached hydrogens (tertiary/aromatic N) is 5. The highest BCUT2D eigenvalue weighted by Crippen LogP contribution is 2.36. The number of aliphatic imine (C=N–C) groups is 1. The van der Waals surface area contributed by atoms with E-state index in [1.807, 2.05) is 0 Å². The molecule has 0 atom stereocenters. The molecule has 0 radical (unpaired) electrons. The molecule has 182 valence electrons. The molecule has 0 bridgehead atoms. The fraction of sp³-hybridized carbons (Fsp3) is 0.250. The van der Waals surface area contributed by atoms with Crippen LogP contribution >= 0.6 is 23.1 Å². The topological polar surface area (TPSA) is 126 Å². The van der Waals surface area contributed by atoms with Crippen molar-refractivity contribution >= 4 is 61.2 Å². The second kappa shape index (κ2) is 8.51. The van der Waals surface area contributed by atoms with E-state index in [4.69, 9.17) is 4.55 Å². The number of imidazole rings is 1. The van der Waals surface area contributed by atoms with Gasteiger partial charge in [0.05, 0.1) is 27.9 Å². The molecule has 0 saturated heterocycles. The van der Waals surface area contributed by atoms with Gasteiger partial charge >= 0.3 is 12.4 Å². The first kappa shape index (κ1) is 24.4. The van der Waals surface area contributed by atoms with E-state index in [1.165, 1.54) is 0 Å². The second-order valence-electron chi connectivity index (χ2n) is 6.62. The Bertz CT molecular complexity index is 1500. The molecule has 0 unspecified atom stereocenters. The summed E-state index contributed by atoms with van der Waals surface area (Å²) < 4.78 is 111. The summed E-state index contributed by atoms with van der Waals surface area (Å²) in [6.45, 7) is 0. The van der Waals surface area contributed by atoms with E-state index < -0.39 is 45.0 Å². The van der Waals surface area contributed by atoms with Crippen LogP contribution < -0.4 is 0 Å². The molecule has 0 saturated carbocycles. The minimum absolute atomic E-state index is 0.0333. The summed E-state index contributed by atoms with van der Waals surface area (Å²) >= 11 is 1.80. The molecule has 2 N–H and O–H groups in total. The summed E-state index contributed by atoms with van der Waals surface area (Å²) in [4.78, 5) is 6.49. The number of aromatic nitrogens is 5. The molecule has 3 heterocycles. The molecule has 0 amide bonds. The van der Waals surface area contributed by atoms with Crippen LogP contribution in [0, 0.1) is 0 Å². The van der Waals surface area contributed by atoms with Crippen molar-refractivity contribution in [3.8, 4) is 0 Å². The van der Waals surface area contributed by atoms with Crippen molar-refractivity contribution in [1.82, 2.24) is 24.8 Å². The molecule has 4 rings (SSSR count). The number of hydrogen-bond acceptors (Lipinski definition) is 8. The maximum absolute atomic E-state index is 13.6. The molecular formula is C16H10F6N6O3S3. The molecular weight excluding hydrogens is 534 g/mol. The predicted octanol–water partition coefficient (Wildman–Crippen LogP) is 4.44. The van der Waals surface area contributed by atoms with E-state index in [9.17, 15) is 34.8 Å². The number of nitrogens with one attached hydrogen (secondary N) is 1. The highest BCUT2D eigenvalue weighted by molar-refractivity contribution is 8.01. The van der Waals surface area contributed by atoms with Gasteiger partial charge in [0.2, 0.25) is 5.13 Å². The van der Waals surface area contributed by atoms with Crippen LogP contribution in [-0.4, -0.2) is 55.5 Å². The van der Waals surface area contributed by atoms with E-state index >= 15 is 0 Å². The Kier molecular flexibility index (Phi) is 6.11. The van der Waals surface area contributed by atoms with Crippen molar-refractivity contribution in [2.24, 2.45) is 4.99 Å². The zero-order chi connectivity index (χ0) is 24.9. The lowest BCUT2D eigenvalue weighted by molar-refractivity contribution is -0.141. The van der Waals surface area contributed by atoms with E-state index in [0.29, 0.717) is 6.07 Å². The largest absolute Gasteiger partial charge is 0.435 e. The molecule has 0 spiro atoms. The summed E-state index contributed by atoms with van der Waals surface area (Å²) in [5.74, 6) is -0.565. The molecule has 4 aromatic rings. The van der Waals surface area contributed by atoms with Gasteiger partial charge in [0, 0.05) is 12.0 Å². The molecule has 9 nitrogen and oxygen atoms in total. The van der Waals surface area contributed by atoms with Gasteiger partial charge in [0.25, 0.3) is 10.1 Å². The van der Waals surface area contributed by atoms with Crippen LogP contribution in [0.5, 0.6) is 0 Å². The Labute approximate surface area is 193 Å². The fourth-order valence-electron chi connectivity index (χ4n) is 2.84. The molecule has 0 aliphatic rings. The van der Waals surface area contributed by atoms with Gasteiger partial charge in [0.15, 0.2) is 10.0 Å². The van der Waals surface area contributed by atoms with Crippen LogP contribution in [0.2, 0.25) is 0 Å². The maximum atomic E-state index is 13.6. The number of H-pyrrole nitrogens is 1. The quantitative estimate of drug-likeness (QED) is 0.159. The monoisotopic (exact) mass is 544 g/mol. The van der Waals surface area contributed by atoms with Crippen molar-refractivity contribution in [1.29, 1.82) is 0 Å². The number of halogens is 6. The van der Waals surface area contributed by atoms with Gasteiger partial charge in [-0.05, 0) is 18.2 Å². The third-order valence-electron chi connectivity index (χ3n) is 4.26. The molecule has 0 aliphatic carbocycles. The van der Waals surface area contributed by atoms with Crippen molar-refractivity contribution in [2.45, 2.75) is 16.7 Å². The third-order valence-corrected chi connectivity index (χ3v) is 7.21. The van der Waals surface area contributed by atoms with E-state index in [2.05, 4.69) is 25.3 Å². The van der Waals surface area contributed by atoms with Crippen molar-refractivity contribution in [3.63, 3.8) is 0 Å². The number of fused-ring (bicyclic) bond motifs is 3. The first-order chi connectivity index (χ1) is 15.7. The Balaban J connectivity index is 1.71. The first-order valence-corrected chi connectivity index (χ1v) is 12.3. The van der Waals surface area contributed by atoms with Crippen molar-refractivity contribution in [2.75, 3.05) is 11.5 Å². The molecule has 3 aromatic heterocycles. The van der Waals surface area contributed by atoms with Gasteiger partial charge in [-0.25, -0.2) is 9.51 Å². The number of aromatic amines is 1. The summed E-state index contributed by atoms with van der Waals surface area (Å²) in [5.41, 5.74) is -3.23. The zero-order valence-corrected chi connectivity index (χ0v) is 18.7. The Hall–Kier alpha value is -2.70. The molecule has 34 heavy (non-hydrogen) atoms. The maximum Gasteiger partial charge on any atom is 0.435 e. The molecule has 18 heteroatoms. The van der Waals surface area contributed by atoms with Crippen LogP contribution in [0.1, 0.15) is 16.8 Å². The third kappa shape index (κ3) is 5.18. The van der Waals surface area contributed by atoms with Crippen LogP contribution in [0.15, 0.2) is 27.5 Å². The molecule has 0 aliphatic heterocycles. The second-order valence-corrected chi connectivity index (χ2v) is 10.5. The smallest absolute Gasteiger partial charge is 0.338 e. The van der Waals surface area contributed by atoms with Crippen molar-refractivity contribution < 1.29 is 39.3 Å². The van der Waals surface area contributed by atoms with Crippen molar-refractivity contribution in [3.05, 3.63) is 35.0 Å². The highest BCUT2D eigenvalue weighted by atomic mass is 32.2. The zero-order valence-electron chi connectivity index (χ0n) is 16.2. The van der Waals surface area contributed by atoms with Gasteiger partial charge in [-0.2, -0.15) is 39.9 Å². The first-order valence-electron chi connectivity index (χ1n) is 8.87. The Morgan fingerprint density at radius 1 is 1.18 bits per heavy atom. The Morgan fingerprint density at radius 2 is 1.91 bits per heavy atom. The average Bonchev–Trinajstić information content (AvgIpc) is 3.37. The summed E-state index contributed by atoms with van der Waals surface area (Å²) in [5, 5.41) is 10.8. The average molecular weight is 544 g/mol. The summed E-state index contributed by atoms with van der Waals surface area (Å²) in [7, 11) is -4.16. The summed E-state index contributed by atoms with van der Waals surface area (Å²) in [6.07, 6.45) is -8.81. The number of rotatable bonds is 6. The minimum Gasteiger partial charge on any atom is -0.338 e. The van der Waals surface area contributed by atoms with Gasteiger partial charge in [0.1, 0.15) is 5.65 Å². The predicted molar refractivity (Wildman–Crippen MR) is 111 cm³/mol. The van der Waals surface area contributed by atoms with Gasteiger partial charge in [-0.3, -0.25) is 4.55 Å². The standard InChI is InChI=1S/C16H10F6N6O3S3/c17-15(18,19)7-1-2-9-10(5-7)28-12(24-9)8(11(27-28)16(20,21)22)6-23-13-25-26-14(33-13)32-3-4-34(29,30)31/h1-2,5-6,24H,3-4H2,(H,29,30,31)/b23-6+. The van der Waals surface area contributed by atoms with Gasteiger partial charge in [-0.15, -0.1) is 10.2 Å². The number of thioether (sulfide) groups is 1. The SMILES string of the molecule is O=S(=O)(O)CCSc1nnc(/N=C/c2c(C(F)(F)F)nn3c2[nH]c2ccc(C(F)(F)F)cc23)s1. The van der Waals surface area contributed by atoms with Crippen LogP contribution in [0.4, 0.5) is 31.5 Å².